The van der Waals surface area contributed by atoms with Crippen LogP contribution in [0.2, 0.25) is 0 Å². The molecule has 1 aromatic heterocycles. The van der Waals surface area contributed by atoms with Crippen LogP contribution in [0.5, 0.6) is 0 Å². The molecule has 1 N–H and O–H groups in total. The minimum absolute atomic E-state index is 0.404. The highest BCUT2D eigenvalue weighted by atomic mass is 16.4. The van der Waals surface area contributed by atoms with Crippen molar-refractivity contribution in [1.29, 1.82) is 0 Å². The number of hydrogen-bond acceptors (Lipinski definition) is 2. The fourth-order valence-electron chi connectivity index (χ4n) is 1.01. The lowest BCUT2D eigenvalue weighted by Gasteiger charge is -2.19. The number of aryl methyl sites for hydroxylation is 1. The van der Waals surface area contributed by atoms with Crippen LogP contribution in [0.1, 0.15) is 19.5 Å². The molecular weight excluding hydrogens is 168 g/mol. The van der Waals surface area contributed by atoms with Crippen LogP contribution in [0.3, 0.4) is 0 Å². The van der Waals surface area contributed by atoms with E-state index in [4.69, 9.17) is 5.11 Å². The van der Waals surface area contributed by atoms with Gasteiger partial charge in [0.25, 0.3) is 0 Å². The van der Waals surface area contributed by atoms with Crippen molar-refractivity contribution in [2.24, 2.45) is 5.41 Å². The molecule has 0 saturated heterocycles. The van der Waals surface area contributed by atoms with Gasteiger partial charge in [0.1, 0.15) is 0 Å². The number of aliphatic carboxylic acids is 1. The second-order valence-corrected chi connectivity index (χ2v) is 3.82. The molecule has 0 unspecified atom stereocenters. The highest BCUT2D eigenvalue weighted by molar-refractivity contribution is 5.73. The molecule has 0 fully saturated rings. The van der Waals surface area contributed by atoms with Crippen molar-refractivity contribution in [3.05, 3.63) is 18.0 Å². The summed E-state index contributed by atoms with van der Waals surface area (Å²) in [6, 6.07) is 1.86. The van der Waals surface area contributed by atoms with Crippen molar-refractivity contribution >= 4 is 5.97 Å². The van der Waals surface area contributed by atoms with Crippen LogP contribution in [0.15, 0.2) is 12.3 Å². The van der Waals surface area contributed by atoms with E-state index in [1.165, 1.54) is 0 Å². The number of hydrogen-bond donors (Lipinski definition) is 1. The van der Waals surface area contributed by atoms with E-state index in [-0.39, 0.29) is 0 Å². The second kappa shape index (κ2) is 3.20. The van der Waals surface area contributed by atoms with E-state index in [9.17, 15) is 4.79 Å². The van der Waals surface area contributed by atoms with Gasteiger partial charge in [-0.1, -0.05) is 0 Å². The molecule has 0 spiro atoms. The molecule has 0 saturated carbocycles. The largest absolute Gasteiger partial charge is 0.481 e. The molecule has 0 aromatic carbocycles. The van der Waals surface area contributed by atoms with Gasteiger partial charge in [-0.05, 0) is 26.8 Å². The molecule has 72 valence electrons. The predicted molar refractivity (Wildman–Crippen MR) is 48.4 cm³/mol. The van der Waals surface area contributed by atoms with Crippen molar-refractivity contribution in [3.63, 3.8) is 0 Å². The van der Waals surface area contributed by atoms with Crippen molar-refractivity contribution in [2.45, 2.75) is 27.3 Å². The first-order chi connectivity index (χ1) is 5.93. The Morgan fingerprint density at radius 2 is 2.31 bits per heavy atom. The molecule has 4 heteroatoms. The molecular formula is C9H14N2O2. The first-order valence-electron chi connectivity index (χ1n) is 4.15. The molecule has 1 rings (SSSR count). The summed E-state index contributed by atoms with van der Waals surface area (Å²) in [5.41, 5.74) is 0.214. The summed E-state index contributed by atoms with van der Waals surface area (Å²) in [6.07, 6.45) is 1.67. The molecule has 1 heterocycles. The molecule has 4 nitrogen and oxygen atoms in total. The van der Waals surface area contributed by atoms with Gasteiger partial charge in [-0.3, -0.25) is 9.48 Å². The first-order valence-corrected chi connectivity index (χ1v) is 4.15. The zero-order valence-electron chi connectivity index (χ0n) is 8.11. The number of nitrogens with zero attached hydrogens (tertiary/aromatic N) is 2. The van der Waals surface area contributed by atoms with Gasteiger partial charge < -0.3 is 5.11 Å². The van der Waals surface area contributed by atoms with E-state index in [0.717, 1.165) is 5.69 Å². The standard InChI is InChI=1S/C9H14N2O2/c1-7-4-5-10-11(7)6-9(2,3)8(12)13/h4-5H,6H2,1-3H3,(H,12,13). The van der Waals surface area contributed by atoms with Gasteiger partial charge in [0.15, 0.2) is 0 Å². The smallest absolute Gasteiger partial charge is 0.310 e. The minimum Gasteiger partial charge on any atom is -0.481 e. The minimum atomic E-state index is -0.803. The summed E-state index contributed by atoms with van der Waals surface area (Å²) in [6.45, 7) is 5.69. The van der Waals surface area contributed by atoms with Crippen molar-refractivity contribution in [1.82, 2.24) is 9.78 Å². The Morgan fingerprint density at radius 3 is 2.69 bits per heavy atom. The van der Waals surface area contributed by atoms with Gasteiger partial charge in [0.2, 0.25) is 0 Å². The Morgan fingerprint density at radius 1 is 1.69 bits per heavy atom. The molecule has 0 amide bonds. The third kappa shape index (κ3) is 2.08. The molecule has 0 aliphatic heterocycles. The highest BCUT2D eigenvalue weighted by Gasteiger charge is 2.28. The maximum absolute atomic E-state index is 10.8. The van der Waals surface area contributed by atoms with Crippen molar-refractivity contribution in [3.8, 4) is 0 Å². The molecule has 0 radical (unpaired) electrons. The van der Waals surface area contributed by atoms with Gasteiger partial charge >= 0.3 is 5.97 Å². The lowest BCUT2D eigenvalue weighted by molar-refractivity contribution is -0.147. The summed E-state index contributed by atoms with van der Waals surface area (Å²) in [5.74, 6) is -0.803. The Balaban J connectivity index is 2.80. The van der Waals surface area contributed by atoms with E-state index >= 15 is 0 Å². The van der Waals surface area contributed by atoms with Crippen LogP contribution in [-0.2, 0) is 11.3 Å². The van der Waals surface area contributed by atoms with Gasteiger partial charge in [0, 0.05) is 11.9 Å². The topological polar surface area (TPSA) is 55.1 Å². The summed E-state index contributed by atoms with van der Waals surface area (Å²) in [7, 11) is 0. The highest BCUT2D eigenvalue weighted by Crippen LogP contribution is 2.18. The lowest BCUT2D eigenvalue weighted by Crippen LogP contribution is -2.30. The summed E-state index contributed by atoms with van der Waals surface area (Å²) in [4.78, 5) is 10.8. The fourth-order valence-corrected chi connectivity index (χ4v) is 1.01. The molecule has 0 aliphatic rings. The average Bonchev–Trinajstić information content (AvgIpc) is 2.35. The van der Waals surface area contributed by atoms with Crippen LogP contribution in [0.25, 0.3) is 0 Å². The van der Waals surface area contributed by atoms with Gasteiger partial charge in [0.05, 0.1) is 12.0 Å². The Bertz CT molecular complexity index is 315. The summed E-state index contributed by atoms with van der Waals surface area (Å²) in [5, 5.41) is 12.9. The van der Waals surface area contributed by atoms with Crippen molar-refractivity contribution < 1.29 is 9.90 Å². The quantitative estimate of drug-likeness (QED) is 0.766. The van der Waals surface area contributed by atoms with E-state index in [0.29, 0.717) is 6.54 Å². The Hall–Kier alpha value is -1.32. The fraction of sp³-hybridized carbons (Fsp3) is 0.556. The number of rotatable bonds is 3. The predicted octanol–water partition coefficient (Wildman–Crippen LogP) is 1.30. The third-order valence-electron chi connectivity index (χ3n) is 2.05. The lowest BCUT2D eigenvalue weighted by atomic mass is 9.94. The number of carboxylic acids is 1. The zero-order chi connectivity index (χ0) is 10.1. The number of carboxylic acid groups (broad SMARTS) is 1. The van der Waals surface area contributed by atoms with E-state index in [1.54, 1.807) is 24.7 Å². The van der Waals surface area contributed by atoms with Crippen LogP contribution >= 0.6 is 0 Å². The van der Waals surface area contributed by atoms with Gasteiger partial charge in [-0.25, -0.2) is 0 Å². The van der Waals surface area contributed by atoms with E-state index in [2.05, 4.69) is 5.10 Å². The van der Waals surface area contributed by atoms with Crippen LogP contribution in [0, 0.1) is 12.3 Å². The maximum Gasteiger partial charge on any atom is 0.310 e. The molecule has 0 atom stereocenters. The molecule has 1 aromatic rings. The van der Waals surface area contributed by atoms with Gasteiger partial charge in [-0.2, -0.15) is 5.10 Å². The Labute approximate surface area is 77.2 Å². The monoisotopic (exact) mass is 182 g/mol. The number of carbonyl (C=O) groups is 1. The normalized spacial score (nSPS) is 11.6. The third-order valence-corrected chi connectivity index (χ3v) is 2.05. The van der Waals surface area contributed by atoms with E-state index in [1.807, 2.05) is 13.0 Å². The maximum atomic E-state index is 10.8. The average molecular weight is 182 g/mol. The molecule has 0 bridgehead atoms. The van der Waals surface area contributed by atoms with Gasteiger partial charge in [-0.15, -0.1) is 0 Å². The molecule has 13 heavy (non-hydrogen) atoms. The van der Waals surface area contributed by atoms with Crippen LogP contribution < -0.4 is 0 Å². The zero-order valence-corrected chi connectivity index (χ0v) is 8.11. The number of aromatic nitrogens is 2. The van der Waals surface area contributed by atoms with Crippen LogP contribution in [0.4, 0.5) is 0 Å². The Kier molecular flexibility index (Phi) is 2.40. The summed E-state index contributed by atoms with van der Waals surface area (Å²) >= 11 is 0. The first kappa shape index (κ1) is 9.77. The van der Waals surface area contributed by atoms with Crippen LogP contribution in [-0.4, -0.2) is 20.9 Å². The summed E-state index contributed by atoms with van der Waals surface area (Å²) < 4.78 is 1.70. The molecule has 0 aliphatic carbocycles. The SMILES string of the molecule is Cc1ccnn1CC(C)(C)C(=O)O. The van der Waals surface area contributed by atoms with E-state index < -0.39 is 11.4 Å². The van der Waals surface area contributed by atoms with Crippen molar-refractivity contribution in [2.75, 3.05) is 0 Å². The second-order valence-electron chi connectivity index (χ2n) is 3.82.